The molecule has 0 bridgehead atoms. The highest BCUT2D eigenvalue weighted by atomic mass is 35.5. The summed E-state index contributed by atoms with van der Waals surface area (Å²) >= 11 is 0. The van der Waals surface area contributed by atoms with E-state index in [4.69, 9.17) is 4.98 Å². The summed E-state index contributed by atoms with van der Waals surface area (Å²) in [4.78, 5) is 20.2. The Morgan fingerprint density at radius 1 is 1.24 bits per heavy atom. The number of hydrogen-bond acceptors (Lipinski definition) is 4. The number of aromatic nitrogens is 3. The minimum atomic E-state index is 0. The van der Waals surface area contributed by atoms with Crippen LogP contribution in [0.1, 0.15) is 30.1 Å². The van der Waals surface area contributed by atoms with E-state index in [2.05, 4.69) is 10.4 Å². The molecular formula is C21H27Cl2N5O. The molecule has 0 spiro atoms. The molecule has 1 atom stereocenters. The van der Waals surface area contributed by atoms with Crippen molar-refractivity contribution in [2.24, 2.45) is 0 Å². The molecular weight excluding hydrogens is 409 g/mol. The van der Waals surface area contributed by atoms with E-state index >= 15 is 0 Å². The second kappa shape index (κ2) is 10.1. The summed E-state index contributed by atoms with van der Waals surface area (Å²) in [7, 11) is 1.96. The van der Waals surface area contributed by atoms with Crippen LogP contribution in [0.2, 0.25) is 0 Å². The molecule has 1 fully saturated rings. The normalized spacial score (nSPS) is 16.2. The molecule has 0 radical (unpaired) electrons. The van der Waals surface area contributed by atoms with Gasteiger partial charge in [0.2, 0.25) is 0 Å². The van der Waals surface area contributed by atoms with E-state index in [1.54, 1.807) is 6.20 Å². The average Bonchev–Trinajstić information content (AvgIpc) is 3.16. The summed E-state index contributed by atoms with van der Waals surface area (Å²) in [6, 6.07) is 12.3. The summed E-state index contributed by atoms with van der Waals surface area (Å²) in [6.45, 7) is 4.28. The van der Waals surface area contributed by atoms with Crippen molar-refractivity contribution in [3.63, 3.8) is 0 Å². The zero-order chi connectivity index (χ0) is 18.8. The number of halogens is 2. The number of nitrogens with one attached hydrogen (secondary N) is 1. The quantitative estimate of drug-likeness (QED) is 0.676. The largest absolute Gasteiger partial charge is 0.337 e. The van der Waals surface area contributed by atoms with Gasteiger partial charge in [-0.3, -0.25) is 4.79 Å². The Labute approximate surface area is 183 Å². The molecule has 1 aliphatic heterocycles. The first-order valence-electron chi connectivity index (χ1n) is 9.59. The highest BCUT2D eigenvalue weighted by Gasteiger charge is 2.26. The molecule has 0 aliphatic carbocycles. The van der Waals surface area contributed by atoms with Crippen molar-refractivity contribution in [2.75, 3.05) is 20.1 Å². The lowest BCUT2D eigenvalue weighted by Gasteiger charge is -2.32. The Balaban J connectivity index is 0.00000150. The monoisotopic (exact) mass is 435 g/mol. The molecule has 4 rings (SSSR count). The Morgan fingerprint density at radius 2 is 2.00 bits per heavy atom. The van der Waals surface area contributed by atoms with E-state index < -0.39 is 0 Å². The van der Waals surface area contributed by atoms with Gasteiger partial charge in [0.1, 0.15) is 0 Å². The summed E-state index contributed by atoms with van der Waals surface area (Å²) in [5.41, 5.74) is 3.27. The van der Waals surface area contributed by atoms with E-state index in [0.717, 1.165) is 48.2 Å². The van der Waals surface area contributed by atoms with Gasteiger partial charge in [-0.05, 0) is 32.9 Å². The number of likely N-dealkylation sites (N-methyl/N-ethyl adjacent to an activating group) is 1. The van der Waals surface area contributed by atoms with Gasteiger partial charge in [-0.25, -0.2) is 9.67 Å². The van der Waals surface area contributed by atoms with Crippen molar-refractivity contribution in [2.45, 2.75) is 32.4 Å². The van der Waals surface area contributed by atoms with Crippen LogP contribution in [0.25, 0.3) is 22.3 Å². The molecule has 8 heteroatoms. The first-order chi connectivity index (χ1) is 13.2. The maximum atomic E-state index is 13.4. The van der Waals surface area contributed by atoms with Gasteiger partial charge in [-0.15, -0.1) is 24.8 Å². The van der Waals surface area contributed by atoms with Crippen LogP contribution < -0.4 is 5.32 Å². The van der Waals surface area contributed by atoms with Crippen molar-refractivity contribution < 1.29 is 4.79 Å². The van der Waals surface area contributed by atoms with Crippen LogP contribution in [0.3, 0.4) is 0 Å². The first-order valence-corrected chi connectivity index (χ1v) is 9.59. The fourth-order valence-corrected chi connectivity index (χ4v) is 3.78. The number of rotatable bonds is 4. The number of fused-ring (bicyclic) bond motifs is 1. The third-order valence-corrected chi connectivity index (χ3v) is 5.33. The molecule has 3 heterocycles. The number of hydrogen-bond donors (Lipinski definition) is 1. The van der Waals surface area contributed by atoms with Gasteiger partial charge in [0.25, 0.3) is 5.91 Å². The molecule has 2 aromatic heterocycles. The third-order valence-electron chi connectivity index (χ3n) is 5.33. The summed E-state index contributed by atoms with van der Waals surface area (Å²) in [5, 5.41) is 8.57. The van der Waals surface area contributed by atoms with Crippen LogP contribution >= 0.6 is 24.8 Å². The predicted octanol–water partition coefficient (Wildman–Crippen LogP) is 3.79. The number of aryl methyl sites for hydroxylation is 1. The van der Waals surface area contributed by atoms with Crippen LogP contribution in [-0.2, 0) is 6.54 Å². The number of likely N-dealkylation sites (tertiary alicyclic amines) is 1. The summed E-state index contributed by atoms with van der Waals surface area (Å²) in [6.07, 6.45) is 3.90. The number of carbonyl (C=O) groups excluding carboxylic acids is 1. The van der Waals surface area contributed by atoms with E-state index in [1.807, 2.05) is 60.0 Å². The molecule has 3 aromatic rings. The van der Waals surface area contributed by atoms with Crippen molar-refractivity contribution in [1.82, 2.24) is 25.0 Å². The molecule has 6 nitrogen and oxygen atoms in total. The minimum Gasteiger partial charge on any atom is -0.337 e. The molecule has 29 heavy (non-hydrogen) atoms. The van der Waals surface area contributed by atoms with E-state index in [-0.39, 0.29) is 30.7 Å². The predicted molar refractivity (Wildman–Crippen MR) is 121 cm³/mol. The lowest BCUT2D eigenvalue weighted by atomic mass is 10.0. The Kier molecular flexibility index (Phi) is 8.02. The SMILES string of the molecule is CCn1ncc2c(C(=O)N3CCCC(NC)C3)cc(-c3ccccc3)nc21.Cl.Cl. The fraction of sp³-hybridized carbons (Fsp3) is 0.381. The second-order valence-electron chi connectivity index (χ2n) is 7.00. The lowest BCUT2D eigenvalue weighted by molar-refractivity contribution is 0.0700. The van der Waals surface area contributed by atoms with Crippen LogP contribution in [0.5, 0.6) is 0 Å². The molecule has 1 unspecified atom stereocenters. The number of amides is 1. The van der Waals surface area contributed by atoms with Gasteiger partial charge in [0, 0.05) is 31.2 Å². The maximum absolute atomic E-state index is 13.4. The van der Waals surface area contributed by atoms with Crippen molar-refractivity contribution in [3.05, 3.63) is 48.2 Å². The second-order valence-corrected chi connectivity index (χ2v) is 7.00. The van der Waals surface area contributed by atoms with Crippen molar-refractivity contribution in [1.29, 1.82) is 0 Å². The Morgan fingerprint density at radius 3 is 2.69 bits per heavy atom. The number of piperidine rings is 1. The van der Waals surface area contributed by atoms with Crippen molar-refractivity contribution in [3.8, 4) is 11.3 Å². The number of pyridine rings is 1. The number of carbonyl (C=O) groups is 1. The Hall–Kier alpha value is -2.15. The van der Waals surface area contributed by atoms with Gasteiger partial charge < -0.3 is 10.2 Å². The summed E-state index contributed by atoms with van der Waals surface area (Å²) < 4.78 is 1.85. The van der Waals surface area contributed by atoms with Gasteiger partial charge in [-0.2, -0.15) is 5.10 Å². The van der Waals surface area contributed by atoms with Crippen LogP contribution in [-0.4, -0.2) is 51.8 Å². The van der Waals surface area contributed by atoms with E-state index in [0.29, 0.717) is 18.2 Å². The topological polar surface area (TPSA) is 63.1 Å². The van der Waals surface area contributed by atoms with Crippen LogP contribution in [0.4, 0.5) is 0 Å². The molecule has 0 saturated carbocycles. The van der Waals surface area contributed by atoms with Gasteiger partial charge in [0.15, 0.2) is 5.65 Å². The highest BCUT2D eigenvalue weighted by molar-refractivity contribution is 6.06. The zero-order valence-corrected chi connectivity index (χ0v) is 18.3. The maximum Gasteiger partial charge on any atom is 0.254 e. The molecule has 156 valence electrons. The molecule has 1 saturated heterocycles. The number of benzene rings is 1. The van der Waals surface area contributed by atoms with Crippen LogP contribution in [0, 0.1) is 0 Å². The minimum absolute atomic E-state index is 0. The van der Waals surface area contributed by atoms with Crippen LogP contribution in [0.15, 0.2) is 42.6 Å². The summed E-state index contributed by atoms with van der Waals surface area (Å²) in [5.74, 6) is 0.0650. The number of nitrogens with zero attached hydrogens (tertiary/aromatic N) is 4. The van der Waals surface area contributed by atoms with E-state index in [9.17, 15) is 4.79 Å². The molecule has 1 amide bonds. The molecule has 1 aromatic carbocycles. The first kappa shape index (κ1) is 23.1. The average molecular weight is 436 g/mol. The zero-order valence-electron chi connectivity index (χ0n) is 16.7. The smallest absolute Gasteiger partial charge is 0.254 e. The molecule has 1 aliphatic rings. The van der Waals surface area contributed by atoms with Gasteiger partial charge in [0.05, 0.1) is 22.8 Å². The Bertz CT molecular complexity index is 960. The van der Waals surface area contributed by atoms with E-state index in [1.165, 1.54) is 0 Å². The molecule has 1 N–H and O–H groups in total. The highest BCUT2D eigenvalue weighted by Crippen LogP contribution is 2.26. The van der Waals surface area contributed by atoms with Gasteiger partial charge >= 0.3 is 0 Å². The fourth-order valence-electron chi connectivity index (χ4n) is 3.78. The third kappa shape index (κ3) is 4.55. The lowest BCUT2D eigenvalue weighted by Crippen LogP contribution is -2.47. The standard InChI is InChI=1S/C21H25N5O.2ClH/c1-3-26-20-18(13-23-26)17(12-19(24-20)15-8-5-4-6-9-15)21(27)25-11-7-10-16(14-25)22-2;;/h4-6,8-9,12-13,16,22H,3,7,10-11,14H2,1-2H3;2*1H. The van der Waals surface area contributed by atoms with Crippen molar-refractivity contribution >= 4 is 41.8 Å². The van der Waals surface area contributed by atoms with Gasteiger partial charge in [-0.1, -0.05) is 30.3 Å².